The summed E-state index contributed by atoms with van der Waals surface area (Å²) in [5, 5.41) is 34.5. The van der Waals surface area contributed by atoms with Crippen molar-refractivity contribution in [3.8, 4) is 0 Å². The lowest BCUT2D eigenvalue weighted by atomic mass is 10.1. The number of aromatic nitrogens is 4. The van der Waals surface area contributed by atoms with Crippen molar-refractivity contribution in [2.24, 2.45) is 0 Å². The van der Waals surface area contributed by atoms with Crippen LogP contribution in [0.2, 0.25) is 13.1 Å². The van der Waals surface area contributed by atoms with Crippen LogP contribution in [0.4, 0.5) is 11.8 Å². The number of imidazole rings is 1. The minimum Gasteiger partial charge on any atom is -0.394 e. The van der Waals surface area contributed by atoms with Crippen LogP contribution in [0.25, 0.3) is 11.2 Å². The summed E-state index contributed by atoms with van der Waals surface area (Å²) in [7, 11) is -1.78. The number of nitrogen functional groups attached to an aromatic ring is 1. The van der Waals surface area contributed by atoms with Gasteiger partial charge in [-0.2, -0.15) is 0 Å². The summed E-state index contributed by atoms with van der Waals surface area (Å²) in [6.07, 6.45) is -2.34. The SMILES string of the molecule is C[Si](C)(CNc1ncnc2c1nc(N)n2[C@@H]1O[C@H](CO)[C@@H](O)[C@H]1O)c1ccccc1. The molecule has 4 rings (SSSR count). The van der Waals surface area contributed by atoms with Gasteiger partial charge in [-0.1, -0.05) is 48.6 Å². The molecule has 11 heteroatoms. The Bertz CT molecular complexity index is 1030. The second-order valence-electron chi connectivity index (χ2n) is 8.07. The molecular formula is C19H26N6O4Si. The van der Waals surface area contributed by atoms with E-state index in [0.717, 1.165) is 6.17 Å². The molecule has 3 aromatic rings. The van der Waals surface area contributed by atoms with Crippen molar-refractivity contribution < 1.29 is 20.1 Å². The molecule has 1 fully saturated rings. The van der Waals surface area contributed by atoms with Gasteiger partial charge in [0, 0.05) is 6.17 Å². The summed E-state index contributed by atoms with van der Waals surface area (Å²) in [5.74, 6) is 0.608. The van der Waals surface area contributed by atoms with Crippen LogP contribution in [0.3, 0.4) is 0 Å². The summed E-state index contributed by atoms with van der Waals surface area (Å²) < 4.78 is 7.02. The summed E-state index contributed by atoms with van der Waals surface area (Å²) in [4.78, 5) is 13.0. The van der Waals surface area contributed by atoms with E-state index in [4.69, 9.17) is 10.5 Å². The van der Waals surface area contributed by atoms with Gasteiger partial charge < -0.3 is 31.1 Å². The van der Waals surface area contributed by atoms with Gasteiger partial charge >= 0.3 is 0 Å². The first-order valence-corrected chi connectivity index (χ1v) is 12.9. The quantitative estimate of drug-likeness (QED) is 0.329. The summed E-state index contributed by atoms with van der Waals surface area (Å²) >= 11 is 0. The molecule has 0 amide bonds. The van der Waals surface area contributed by atoms with E-state index in [1.165, 1.54) is 16.1 Å². The van der Waals surface area contributed by atoms with Gasteiger partial charge in [0.1, 0.15) is 32.7 Å². The predicted molar refractivity (Wildman–Crippen MR) is 115 cm³/mol. The average Bonchev–Trinajstić information content (AvgIpc) is 3.23. The molecule has 6 N–H and O–H groups in total. The average molecular weight is 431 g/mol. The van der Waals surface area contributed by atoms with Crippen LogP contribution >= 0.6 is 0 Å². The number of nitrogens with one attached hydrogen (secondary N) is 1. The van der Waals surface area contributed by atoms with Gasteiger partial charge in [0.25, 0.3) is 0 Å². The second-order valence-corrected chi connectivity index (χ2v) is 12.8. The summed E-state index contributed by atoms with van der Waals surface area (Å²) in [6, 6.07) is 10.4. The highest BCUT2D eigenvalue weighted by Crippen LogP contribution is 2.34. The Morgan fingerprint density at radius 1 is 1.17 bits per heavy atom. The van der Waals surface area contributed by atoms with Gasteiger partial charge in [-0.15, -0.1) is 0 Å². The molecule has 2 aromatic heterocycles. The summed E-state index contributed by atoms with van der Waals surface area (Å²) in [5.41, 5.74) is 6.92. The first-order valence-electron chi connectivity index (χ1n) is 9.73. The van der Waals surface area contributed by atoms with E-state index >= 15 is 0 Å². The third-order valence-electron chi connectivity index (χ3n) is 5.53. The Kier molecular flexibility index (Phi) is 5.47. The van der Waals surface area contributed by atoms with Gasteiger partial charge in [-0.05, 0) is 0 Å². The van der Waals surface area contributed by atoms with Gasteiger partial charge in [0.05, 0.1) is 6.61 Å². The molecule has 0 saturated carbocycles. The van der Waals surface area contributed by atoms with Crippen molar-refractivity contribution in [2.45, 2.75) is 37.6 Å². The number of rotatable bonds is 6. The fourth-order valence-electron chi connectivity index (χ4n) is 3.70. The molecule has 0 spiro atoms. The van der Waals surface area contributed by atoms with Crippen LogP contribution in [-0.2, 0) is 4.74 Å². The van der Waals surface area contributed by atoms with E-state index in [9.17, 15) is 15.3 Å². The van der Waals surface area contributed by atoms with Crippen LogP contribution in [0, 0.1) is 0 Å². The predicted octanol–water partition coefficient (Wildman–Crippen LogP) is -0.413. The minimum atomic E-state index is -1.78. The van der Waals surface area contributed by atoms with Crippen LogP contribution in [-0.4, -0.2) is 74.0 Å². The fraction of sp³-hybridized carbons (Fsp3) is 0.421. The van der Waals surface area contributed by atoms with Gasteiger partial charge in [-0.25, -0.2) is 15.0 Å². The smallest absolute Gasteiger partial charge is 0.204 e. The highest BCUT2D eigenvalue weighted by atomic mass is 28.3. The molecule has 10 nitrogen and oxygen atoms in total. The molecule has 4 atom stereocenters. The Balaban J connectivity index is 1.64. The van der Waals surface area contributed by atoms with Crippen LogP contribution in [0.1, 0.15) is 6.23 Å². The van der Waals surface area contributed by atoms with E-state index in [0.29, 0.717) is 17.0 Å². The van der Waals surface area contributed by atoms with E-state index in [1.54, 1.807) is 0 Å². The molecule has 1 saturated heterocycles. The normalized spacial score (nSPS) is 24.4. The first-order chi connectivity index (χ1) is 14.3. The number of nitrogens with two attached hydrogens (primary N) is 1. The number of benzene rings is 1. The standard InChI is InChI=1S/C19H26N6O4Si/c1-30(2,11-6-4-3-5-7-11)10-23-16-13-17(22-9-21-16)25(19(20)24-13)18-15(28)14(27)12(8-26)29-18/h3-7,9,12,14-15,18,26-28H,8,10H2,1-2H3,(H2,20,24)(H,21,22,23)/t12-,14-,15-,18-/m1/s1. The zero-order chi connectivity index (χ0) is 21.5. The van der Waals surface area contributed by atoms with Crippen LogP contribution in [0.5, 0.6) is 0 Å². The molecule has 0 unspecified atom stereocenters. The van der Waals surface area contributed by atoms with E-state index in [1.807, 2.05) is 18.2 Å². The number of aliphatic hydroxyl groups is 3. The topological polar surface area (TPSA) is 152 Å². The maximum atomic E-state index is 10.4. The monoisotopic (exact) mass is 430 g/mol. The van der Waals surface area contributed by atoms with Crippen LogP contribution < -0.4 is 16.2 Å². The van der Waals surface area contributed by atoms with Crippen molar-refractivity contribution in [1.82, 2.24) is 19.5 Å². The van der Waals surface area contributed by atoms with Crippen molar-refractivity contribution in [2.75, 3.05) is 23.8 Å². The fourth-order valence-corrected chi connectivity index (χ4v) is 5.60. The molecule has 160 valence electrons. The van der Waals surface area contributed by atoms with E-state index in [2.05, 4.69) is 45.5 Å². The lowest BCUT2D eigenvalue weighted by Crippen LogP contribution is -2.48. The largest absolute Gasteiger partial charge is 0.394 e. The van der Waals surface area contributed by atoms with Crippen LogP contribution in [0.15, 0.2) is 36.7 Å². The Labute approximate surface area is 174 Å². The van der Waals surface area contributed by atoms with Crippen molar-refractivity contribution in [1.29, 1.82) is 0 Å². The second kappa shape index (κ2) is 7.93. The number of nitrogens with zero attached hydrogens (tertiary/aromatic N) is 4. The zero-order valence-corrected chi connectivity index (χ0v) is 17.8. The maximum absolute atomic E-state index is 10.4. The van der Waals surface area contributed by atoms with E-state index < -0.39 is 39.2 Å². The number of aliphatic hydroxyl groups excluding tert-OH is 3. The highest BCUT2D eigenvalue weighted by molar-refractivity contribution is 6.90. The third kappa shape index (κ3) is 3.54. The number of anilines is 2. The highest BCUT2D eigenvalue weighted by Gasteiger charge is 2.44. The maximum Gasteiger partial charge on any atom is 0.204 e. The van der Waals surface area contributed by atoms with E-state index in [-0.39, 0.29) is 5.95 Å². The lowest BCUT2D eigenvalue weighted by molar-refractivity contribution is -0.0500. The van der Waals surface area contributed by atoms with Gasteiger partial charge in [0.2, 0.25) is 5.95 Å². The molecule has 3 heterocycles. The molecular weight excluding hydrogens is 404 g/mol. The molecule has 0 bridgehead atoms. The Hall–Kier alpha value is -2.57. The molecule has 1 aromatic carbocycles. The zero-order valence-electron chi connectivity index (χ0n) is 16.8. The van der Waals surface area contributed by atoms with Crippen molar-refractivity contribution >= 4 is 36.2 Å². The Morgan fingerprint density at radius 3 is 2.57 bits per heavy atom. The van der Waals surface area contributed by atoms with Gasteiger partial charge in [0.15, 0.2) is 23.2 Å². The van der Waals surface area contributed by atoms with Crippen molar-refractivity contribution in [3.05, 3.63) is 36.7 Å². The van der Waals surface area contributed by atoms with Gasteiger partial charge in [-0.3, -0.25) is 4.57 Å². The number of hydrogen-bond acceptors (Lipinski definition) is 9. The van der Waals surface area contributed by atoms with Crippen molar-refractivity contribution in [3.63, 3.8) is 0 Å². The molecule has 30 heavy (non-hydrogen) atoms. The third-order valence-corrected chi connectivity index (χ3v) is 8.49. The Morgan fingerprint density at radius 2 is 1.90 bits per heavy atom. The molecule has 0 radical (unpaired) electrons. The minimum absolute atomic E-state index is 0.0722. The summed E-state index contributed by atoms with van der Waals surface area (Å²) in [6.45, 7) is 4.10. The number of fused-ring (bicyclic) bond motifs is 1. The first kappa shape index (κ1) is 20.7. The molecule has 0 aliphatic carbocycles. The number of hydrogen-bond donors (Lipinski definition) is 5. The number of ether oxygens (including phenoxy) is 1. The molecule has 1 aliphatic rings. The molecule has 1 aliphatic heterocycles. The lowest BCUT2D eigenvalue weighted by Gasteiger charge is -2.23.